The van der Waals surface area contributed by atoms with Crippen LogP contribution in [0.5, 0.6) is 5.88 Å². The number of carbonyl (C=O) groups is 1. The first-order valence-electron chi connectivity index (χ1n) is 12.8. The number of nitrogen functional groups attached to an aromatic ring is 1. The van der Waals surface area contributed by atoms with Gasteiger partial charge in [-0.15, -0.1) is 0 Å². The standard InChI is InChI=1S/C28H31Cl2N5O2/c1-18(25-22(29)10-5-11-23(25)30)37-27-26(31)32-16-24(33-27)19-7-4-8-20(15-19)28(36)35-14-6-9-21(35)17-34-12-2-3-13-34/h4-5,7-8,10-11,15-16,18,21H,2-3,6,9,12-14,17H2,1H3,(H2,31,32)/t18?,21-/m0/s1. The molecule has 0 bridgehead atoms. The number of likely N-dealkylation sites (tertiary alicyclic amines) is 2. The lowest BCUT2D eigenvalue weighted by Gasteiger charge is -2.28. The van der Waals surface area contributed by atoms with Gasteiger partial charge in [0.2, 0.25) is 0 Å². The molecule has 194 valence electrons. The van der Waals surface area contributed by atoms with Gasteiger partial charge in [-0.2, -0.15) is 0 Å². The predicted molar refractivity (Wildman–Crippen MR) is 147 cm³/mol. The summed E-state index contributed by atoms with van der Waals surface area (Å²) in [6, 6.07) is 13.1. The molecule has 9 heteroatoms. The average molecular weight is 540 g/mol. The lowest BCUT2D eigenvalue weighted by molar-refractivity contribution is 0.0709. The highest BCUT2D eigenvalue weighted by Crippen LogP contribution is 2.34. The molecule has 1 amide bonds. The number of rotatable bonds is 7. The predicted octanol–water partition coefficient (Wildman–Crippen LogP) is 5.87. The van der Waals surface area contributed by atoms with E-state index in [-0.39, 0.29) is 23.6 Å². The highest BCUT2D eigenvalue weighted by molar-refractivity contribution is 6.36. The van der Waals surface area contributed by atoms with Gasteiger partial charge in [0.05, 0.1) is 11.9 Å². The quantitative estimate of drug-likeness (QED) is 0.404. The molecule has 37 heavy (non-hydrogen) atoms. The molecule has 5 rings (SSSR count). The molecule has 3 aromatic rings. The topological polar surface area (TPSA) is 84.6 Å². The second-order valence-electron chi connectivity index (χ2n) is 9.72. The van der Waals surface area contributed by atoms with E-state index in [1.54, 1.807) is 24.4 Å². The molecule has 2 N–H and O–H groups in total. The van der Waals surface area contributed by atoms with Crippen molar-refractivity contribution in [2.45, 2.75) is 44.8 Å². The summed E-state index contributed by atoms with van der Waals surface area (Å²) in [7, 11) is 0. The van der Waals surface area contributed by atoms with Crippen molar-refractivity contribution in [1.29, 1.82) is 0 Å². The van der Waals surface area contributed by atoms with Crippen molar-refractivity contribution in [3.05, 3.63) is 69.8 Å². The van der Waals surface area contributed by atoms with Crippen LogP contribution in [0.1, 0.15) is 54.6 Å². The van der Waals surface area contributed by atoms with Gasteiger partial charge in [-0.1, -0.05) is 41.4 Å². The molecule has 2 aliphatic heterocycles. The second kappa shape index (κ2) is 11.3. The summed E-state index contributed by atoms with van der Waals surface area (Å²) in [5.41, 5.74) is 8.70. The first kappa shape index (κ1) is 25.8. The fourth-order valence-electron chi connectivity index (χ4n) is 5.27. The zero-order valence-electron chi connectivity index (χ0n) is 20.9. The Morgan fingerprint density at radius 2 is 1.84 bits per heavy atom. The van der Waals surface area contributed by atoms with Crippen molar-refractivity contribution in [3.8, 4) is 17.1 Å². The number of aromatic nitrogens is 2. The van der Waals surface area contributed by atoms with Crippen LogP contribution in [-0.4, -0.2) is 57.9 Å². The van der Waals surface area contributed by atoms with E-state index < -0.39 is 6.10 Å². The van der Waals surface area contributed by atoms with Gasteiger partial charge in [-0.3, -0.25) is 4.79 Å². The molecule has 3 heterocycles. The van der Waals surface area contributed by atoms with E-state index in [0.29, 0.717) is 26.9 Å². The van der Waals surface area contributed by atoms with Crippen molar-refractivity contribution < 1.29 is 9.53 Å². The van der Waals surface area contributed by atoms with Crippen LogP contribution in [0.2, 0.25) is 10.0 Å². The fourth-order valence-corrected chi connectivity index (χ4v) is 5.97. The highest BCUT2D eigenvalue weighted by atomic mass is 35.5. The second-order valence-corrected chi connectivity index (χ2v) is 10.5. The Kier molecular flexibility index (Phi) is 7.84. The number of nitrogens with two attached hydrogens (primary N) is 1. The average Bonchev–Trinajstić information content (AvgIpc) is 3.57. The molecule has 2 aliphatic rings. The summed E-state index contributed by atoms with van der Waals surface area (Å²) in [6.07, 6.45) is 5.69. The summed E-state index contributed by atoms with van der Waals surface area (Å²) in [4.78, 5) is 26.9. The van der Waals surface area contributed by atoms with Gasteiger partial charge in [-0.25, -0.2) is 9.97 Å². The van der Waals surface area contributed by atoms with Crippen molar-refractivity contribution in [2.75, 3.05) is 31.9 Å². The molecule has 7 nitrogen and oxygen atoms in total. The summed E-state index contributed by atoms with van der Waals surface area (Å²) >= 11 is 12.7. The third-order valence-electron chi connectivity index (χ3n) is 7.17. The molecule has 0 radical (unpaired) electrons. The molecule has 0 spiro atoms. The number of halogens is 2. The van der Waals surface area contributed by atoms with Crippen molar-refractivity contribution in [1.82, 2.24) is 19.8 Å². The molecule has 2 saturated heterocycles. The lowest BCUT2D eigenvalue weighted by atomic mass is 10.1. The maximum atomic E-state index is 13.5. The smallest absolute Gasteiger partial charge is 0.258 e. The van der Waals surface area contributed by atoms with Crippen LogP contribution in [-0.2, 0) is 0 Å². The van der Waals surface area contributed by atoms with Crippen molar-refractivity contribution in [2.24, 2.45) is 0 Å². The van der Waals surface area contributed by atoms with Crippen LogP contribution >= 0.6 is 23.2 Å². The monoisotopic (exact) mass is 539 g/mol. The minimum atomic E-state index is -0.497. The van der Waals surface area contributed by atoms with E-state index in [1.165, 1.54) is 12.8 Å². The number of nitrogens with zero attached hydrogens (tertiary/aromatic N) is 4. The third kappa shape index (κ3) is 5.69. The normalized spacial score (nSPS) is 18.8. The van der Waals surface area contributed by atoms with Gasteiger partial charge in [0.15, 0.2) is 5.82 Å². The van der Waals surface area contributed by atoms with E-state index in [2.05, 4.69) is 14.9 Å². The molecule has 2 atom stereocenters. The zero-order valence-corrected chi connectivity index (χ0v) is 22.4. The van der Waals surface area contributed by atoms with Crippen LogP contribution in [0.3, 0.4) is 0 Å². The molecule has 0 saturated carbocycles. The number of carbonyl (C=O) groups excluding carboxylic acids is 1. The molecule has 1 aromatic heterocycles. The minimum absolute atomic E-state index is 0.0606. The van der Waals surface area contributed by atoms with E-state index in [9.17, 15) is 4.79 Å². The number of hydrogen-bond acceptors (Lipinski definition) is 6. The van der Waals surface area contributed by atoms with Crippen LogP contribution in [0.4, 0.5) is 5.82 Å². The van der Waals surface area contributed by atoms with Crippen molar-refractivity contribution in [3.63, 3.8) is 0 Å². The molecule has 1 unspecified atom stereocenters. The fraction of sp³-hybridized carbons (Fsp3) is 0.393. The molecule has 2 aromatic carbocycles. The zero-order chi connectivity index (χ0) is 25.9. The molecule has 2 fully saturated rings. The van der Waals surface area contributed by atoms with E-state index in [0.717, 1.165) is 44.6 Å². The van der Waals surface area contributed by atoms with Crippen LogP contribution < -0.4 is 10.5 Å². The van der Waals surface area contributed by atoms with Gasteiger partial charge in [0.25, 0.3) is 11.8 Å². The maximum Gasteiger partial charge on any atom is 0.258 e. The number of amides is 1. The van der Waals surface area contributed by atoms with Gasteiger partial charge in [-0.05, 0) is 70.0 Å². The summed E-state index contributed by atoms with van der Waals surface area (Å²) in [6.45, 7) is 5.85. The Bertz CT molecular complexity index is 1260. The Balaban J connectivity index is 1.35. The van der Waals surface area contributed by atoms with E-state index in [1.807, 2.05) is 36.1 Å². The number of hydrogen-bond donors (Lipinski definition) is 1. The van der Waals surface area contributed by atoms with E-state index in [4.69, 9.17) is 33.7 Å². The Labute approximate surface area is 227 Å². The van der Waals surface area contributed by atoms with Gasteiger partial charge >= 0.3 is 0 Å². The number of ether oxygens (including phenoxy) is 1. The lowest BCUT2D eigenvalue weighted by Crippen LogP contribution is -2.42. The van der Waals surface area contributed by atoms with Crippen molar-refractivity contribution >= 4 is 34.9 Å². The highest BCUT2D eigenvalue weighted by Gasteiger charge is 2.31. The van der Waals surface area contributed by atoms with Gasteiger partial charge < -0.3 is 20.3 Å². The molecular weight excluding hydrogens is 509 g/mol. The largest absolute Gasteiger partial charge is 0.467 e. The Morgan fingerprint density at radius 3 is 2.59 bits per heavy atom. The maximum absolute atomic E-state index is 13.5. The van der Waals surface area contributed by atoms with Crippen LogP contribution in [0.25, 0.3) is 11.3 Å². The molecular formula is C28H31Cl2N5O2. The summed E-state index contributed by atoms with van der Waals surface area (Å²) in [5, 5.41) is 0.998. The SMILES string of the molecule is CC(Oc1nc(-c2cccc(C(=O)N3CCC[C@H]3CN3CCCC3)c2)cnc1N)c1c(Cl)cccc1Cl. The first-order chi connectivity index (χ1) is 17.9. The van der Waals surface area contributed by atoms with E-state index >= 15 is 0 Å². The first-order valence-corrected chi connectivity index (χ1v) is 13.5. The molecule has 0 aliphatic carbocycles. The Hall–Kier alpha value is -2.87. The summed E-state index contributed by atoms with van der Waals surface area (Å²) in [5.74, 6) is 0.404. The summed E-state index contributed by atoms with van der Waals surface area (Å²) < 4.78 is 6.04. The van der Waals surface area contributed by atoms with Gasteiger partial charge in [0, 0.05) is 45.9 Å². The van der Waals surface area contributed by atoms with Crippen LogP contribution in [0.15, 0.2) is 48.7 Å². The number of anilines is 1. The third-order valence-corrected chi connectivity index (χ3v) is 7.83. The Morgan fingerprint density at radius 1 is 1.11 bits per heavy atom. The van der Waals surface area contributed by atoms with Gasteiger partial charge in [0.1, 0.15) is 6.10 Å². The van der Waals surface area contributed by atoms with Crippen LogP contribution in [0, 0.1) is 0 Å². The minimum Gasteiger partial charge on any atom is -0.467 e. The number of benzene rings is 2.